The molecule has 3 rings (SSSR count). The van der Waals surface area contributed by atoms with Crippen LogP contribution in [-0.2, 0) is 16.1 Å². The topological polar surface area (TPSA) is 50.8 Å². The molecule has 1 aromatic rings. The number of morpholine rings is 1. The summed E-state index contributed by atoms with van der Waals surface area (Å²) in [6, 6.07) is 5.31. The maximum Gasteiger partial charge on any atom is 0.322 e. The maximum absolute atomic E-state index is 12.6. The van der Waals surface area contributed by atoms with Gasteiger partial charge in [0, 0.05) is 36.5 Å². The van der Waals surface area contributed by atoms with E-state index in [1.807, 2.05) is 24.0 Å². The fraction of sp³-hybridized carbons (Fsp3) is 0.588. The first-order valence-corrected chi connectivity index (χ1v) is 8.43. The third-order valence-electron chi connectivity index (χ3n) is 4.33. The van der Waals surface area contributed by atoms with Crippen molar-refractivity contribution in [2.24, 2.45) is 5.92 Å². The molecular formula is C17H23ClN2O3. The summed E-state index contributed by atoms with van der Waals surface area (Å²) in [6.45, 7) is 3.70. The highest BCUT2D eigenvalue weighted by molar-refractivity contribution is 6.30. The molecule has 2 amide bonds. The van der Waals surface area contributed by atoms with Crippen LogP contribution in [0.2, 0.25) is 5.02 Å². The highest BCUT2D eigenvalue weighted by Crippen LogP contribution is 2.36. The summed E-state index contributed by atoms with van der Waals surface area (Å²) in [5, 5.41) is 3.61. The van der Waals surface area contributed by atoms with E-state index in [-0.39, 0.29) is 18.2 Å². The lowest BCUT2D eigenvalue weighted by atomic mass is 10.1. The van der Waals surface area contributed by atoms with Crippen molar-refractivity contribution in [3.63, 3.8) is 0 Å². The number of rotatable bonds is 4. The number of halogens is 1. The van der Waals surface area contributed by atoms with Crippen LogP contribution in [0, 0.1) is 5.92 Å². The second-order valence-corrected chi connectivity index (χ2v) is 6.83. The van der Waals surface area contributed by atoms with E-state index in [4.69, 9.17) is 21.1 Å². The van der Waals surface area contributed by atoms with Gasteiger partial charge in [0.05, 0.1) is 18.8 Å². The molecule has 23 heavy (non-hydrogen) atoms. The molecule has 1 aliphatic carbocycles. The summed E-state index contributed by atoms with van der Waals surface area (Å²) in [5.74, 6) is 0.618. The number of nitrogens with one attached hydrogen (secondary N) is 1. The van der Waals surface area contributed by atoms with Crippen LogP contribution in [0.5, 0.6) is 0 Å². The molecule has 1 aromatic carbocycles. The van der Waals surface area contributed by atoms with E-state index in [1.165, 1.54) is 12.8 Å². The van der Waals surface area contributed by atoms with E-state index in [0.29, 0.717) is 30.6 Å². The number of hydrogen-bond acceptors (Lipinski definition) is 3. The van der Waals surface area contributed by atoms with Crippen LogP contribution >= 0.6 is 11.6 Å². The van der Waals surface area contributed by atoms with Crippen LogP contribution in [0.1, 0.15) is 25.3 Å². The molecule has 0 spiro atoms. The average Bonchev–Trinajstić information content (AvgIpc) is 3.34. The molecule has 2 atom stereocenters. The molecule has 1 saturated heterocycles. The maximum atomic E-state index is 12.6. The van der Waals surface area contributed by atoms with Crippen LogP contribution in [0.4, 0.5) is 10.5 Å². The number of carbonyl (C=O) groups is 1. The summed E-state index contributed by atoms with van der Waals surface area (Å²) >= 11 is 6.02. The Morgan fingerprint density at radius 2 is 2.22 bits per heavy atom. The summed E-state index contributed by atoms with van der Waals surface area (Å²) < 4.78 is 11.1. The van der Waals surface area contributed by atoms with Gasteiger partial charge in [-0.3, -0.25) is 0 Å². The highest BCUT2D eigenvalue weighted by Gasteiger charge is 2.38. The van der Waals surface area contributed by atoms with Crippen LogP contribution in [-0.4, -0.2) is 43.3 Å². The smallest absolute Gasteiger partial charge is 0.322 e. The number of carbonyl (C=O) groups excluding carboxylic acids is 1. The molecule has 0 aromatic heterocycles. The summed E-state index contributed by atoms with van der Waals surface area (Å²) in [4.78, 5) is 14.5. The molecule has 0 bridgehead atoms. The molecule has 1 saturated carbocycles. The van der Waals surface area contributed by atoms with E-state index in [2.05, 4.69) is 5.32 Å². The molecule has 6 heteroatoms. The van der Waals surface area contributed by atoms with Crippen molar-refractivity contribution in [3.8, 4) is 0 Å². The van der Waals surface area contributed by atoms with Gasteiger partial charge >= 0.3 is 6.03 Å². The monoisotopic (exact) mass is 338 g/mol. The molecule has 2 aliphatic rings. The van der Waals surface area contributed by atoms with Crippen LogP contribution in [0.3, 0.4) is 0 Å². The molecule has 0 unspecified atom stereocenters. The Morgan fingerprint density at radius 1 is 1.43 bits per heavy atom. The van der Waals surface area contributed by atoms with Crippen molar-refractivity contribution < 1.29 is 14.3 Å². The normalized spacial score (nSPS) is 24.6. The van der Waals surface area contributed by atoms with Crippen LogP contribution in [0.25, 0.3) is 0 Å². The van der Waals surface area contributed by atoms with E-state index < -0.39 is 0 Å². The standard InChI is InChI=1S/C17H23ClN2O3/c1-11-8-20(9-16(23-11)12-3-4-12)17(21)19-15-6-5-14(18)7-13(15)10-22-2/h5-7,11-12,16H,3-4,8-10H2,1-2H3,(H,19,21)/t11-,16+/m0/s1. The number of amides is 2. The van der Waals surface area contributed by atoms with Gasteiger partial charge in [0.15, 0.2) is 0 Å². The fourth-order valence-electron chi connectivity index (χ4n) is 3.03. The van der Waals surface area contributed by atoms with Crippen molar-refractivity contribution in [1.82, 2.24) is 4.90 Å². The number of ether oxygens (including phenoxy) is 2. The Balaban J connectivity index is 1.68. The first-order chi connectivity index (χ1) is 11.1. The zero-order chi connectivity index (χ0) is 16.4. The first-order valence-electron chi connectivity index (χ1n) is 8.05. The lowest BCUT2D eigenvalue weighted by molar-refractivity contribution is -0.0717. The highest BCUT2D eigenvalue weighted by atomic mass is 35.5. The summed E-state index contributed by atoms with van der Waals surface area (Å²) in [7, 11) is 1.62. The average molecular weight is 339 g/mol. The zero-order valence-corrected chi connectivity index (χ0v) is 14.3. The SMILES string of the molecule is COCc1cc(Cl)ccc1NC(=O)N1C[C@H](C)O[C@@H](C2CC2)C1. The Hall–Kier alpha value is -1.30. The van der Waals surface area contributed by atoms with E-state index >= 15 is 0 Å². The molecule has 126 valence electrons. The van der Waals surface area contributed by atoms with Crippen molar-refractivity contribution in [2.75, 3.05) is 25.5 Å². The van der Waals surface area contributed by atoms with Crippen molar-refractivity contribution in [3.05, 3.63) is 28.8 Å². The first kappa shape index (κ1) is 16.6. The molecule has 2 fully saturated rings. The Bertz CT molecular complexity index is 577. The van der Waals surface area contributed by atoms with Crippen LogP contribution < -0.4 is 5.32 Å². The van der Waals surface area contributed by atoms with Gasteiger partial charge in [0.2, 0.25) is 0 Å². The van der Waals surface area contributed by atoms with Gasteiger partial charge < -0.3 is 19.7 Å². The molecule has 0 radical (unpaired) electrons. The van der Waals surface area contributed by atoms with Crippen molar-refractivity contribution in [2.45, 2.75) is 38.6 Å². The Labute approximate surface area is 141 Å². The van der Waals surface area contributed by atoms with Gasteiger partial charge in [0.1, 0.15) is 0 Å². The lowest BCUT2D eigenvalue weighted by Gasteiger charge is -2.37. The third-order valence-corrected chi connectivity index (χ3v) is 4.56. The number of urea groups is 1. The minimum Gasteiger partial charge on any atom is -0.380 e. The molecular weight excluding hydrogens is 316 g/mol. The van der Waals surface area contributed by atoms with Gasteiger partial charge in [-0.2, -0.15) is 0 Å². The lowest BCUT2D eigenvalue weighted by Crippen LogP contribution is -2.51. The number of nitrogens with zero attached hydrogens (tertiary/aromatic N) is 1. The zero-order valence-electron chi connectivity index (χ0n) is 13.5. The quantitative estimate of drug-likeness (QED) is 0.913. The summed E-state index contributed by atoms with van der Waals surface area (Å²) in [5.41, 5.74) is 1.61. The number of hydrogen-bond donors (Lipinski definition) is 1. The van der Waals surface area contributed by atoms with Gasteiger partial charge in [-0.15, -0.1) is 0 Å². The largest absolute Gasteiger partial charge is 0.380 e. The van der Waals surface area contributed by atoms with Gasteiger partial charge in [-0.05, 0) is 43.9 Å². The van der Waals surface area contributed by atoms with E-state index in [9.17, 15) is 4.79 Å². The number of anilines is 1. The number of methoxy groups -OCH3 is 1. The van der Waals surface area contributed by atoms with Gasteiger partial charge in [0.25, 0.3) is 0 Å². The van der Waals surface area contributed by atoms with E-state index in [0.717, 1.165) is 11.3 Å². The van der Waals surface area contributed by atoms with Crippen LogP contribution in [0.15, 0.2) is 18.2 Å². The van der Waals surface area contributed by atoms with Crippen molar-refractivity contribution in [1.29, 1.82) is 0 Å². The molecule has 1 N–H and O–H groups in total. The molecule has 5 nitrogen and oxygen atoms in total. The predicted molar refractivity (Wildman–Crippen MR) is 89.8 cm³/mol. The summed E-state index contributed by atoms with van der Waals surface area (Å²) in [6.07, 6.45) is 2.67. The Kier molecular flexibility index (Phi) is 5.09. The van der Waals surface area contributed by atoms with Gasteiger partial charge in [-0.1, -0.05) is 11.6 Å². The predicted octanol–water partition coefficient (Wildman–Crippen LogP) is 3.52. The Morgan fingerprint density at radius 3 is 2.91 bits per heavy atom. The van der Waals surface area contributed by atoms with Crippen molar-refractivity contribution >= 4 is 23.3 Å². The van der Waals surface area contributed by atoms with Gasteiger partial charge in [-0.25, -0.2) is 4.79 Å². The fourth-order valence-corrected chi connectivity index (χ4v) is 3.23. The minimum atomic E-state index is -0.0922. The second-order valence-electron chi connectivity index (χ2n) is 6.39. The van der Waals surface area contributed by atoms with E-state index in [1.54, 1.807) is 13.2 Å². The molecule has 1 heterocycles. The third kappa shape index (κ3) is 4.16. The second kappa shape index (κ2) is 7.07. The minimum absolute atomic E-state index is 0.0729. The number of benzene rings is 1. The molecule has 1 aliphatic heterocycles.